The van der Waals surface area contributed by atoms with Crippen LogP contribution < -0.4 is 10.1 Å². The molecular formula is C18H17N3O4. The van der Waals surface area contributed by atoms with Crippen LogP contribution in [0.3, 0.4) is 0 Å². The van der Waals surface area contributed by atoms with E-state index in [0.717, 1.165) is 4.73 Å². The molecule has 2 aromatic carbocycles. The molecule has 3 N–H and O–H groups in total. The number of phenols is 1. The maximum atomic E-state index is 12.5. The van der Waals surface area contributed by atoms with E-state index >= 15 is 0 Å². The average molecular weight is 339 g/mol. The minimum atomic E-state index is -0.476. The number of carbonyl (C=O) groups excluding carboxylic acids is 1. The number of hydrogen-bond acceptors (Lipinski definition) is 5. The van der Waals surface area contributed by atoms with Crippen LogP contribution in [0.4, 0.5) is 5.69 Å². The zero-order valence-corrected chi connectivity index (χ0v) is 13.7. The van der Waals surface area contributed by atoms with Gasteiger partial charge in [0.05, 0.1) is 12.8 Å². The number of aryl methyl sites for hydroxylation is 1. The molecule has 0 radical (unpaired) electrons. The number of nitrogens with zero attached hydrogens (tertiary/aromatic N) is 2. The van der Waals surface area contributed by atoms with Crippen molar-refractivity contribution < 1.29 is 19.8 Å². The van der Waals surface area contributed by atoms with E-state index in [4.69, 9.17) is 4.74 Å². The fourth-order valence-corrected chi connectivity index (χ4v) is 2.49. The maximum absolute atomic E-state index is 12.5. The van der Waals surface area contributed by atoms with Crippen molar-refractivity contribution in [2.24, 2.45) is 0 Å². The number of carbonyl (C=O) groups is 1. The Morgan fingerprint density at radius 2 is 1.92 bits per heavy atom. The average Bonchev–Trinajstić information content (AvgIpc) is 2.90. The summed E-state index contributed by atoms with van der Waals surface area (Å²) in [4.78, 5) is 16.7. The van der Waals surface area contributed by atoms with Gasteiger partial charge in [-0.2, -0.15) is 4.73 Å². The second-order valence-electron chi connectivity index (χ2n) is 5.39. The number of aromatic hydroxyl groups is 1. The second-order valence-corrected chi connectivity index (χ2v) is 5.39. The lowest BCUT2D eigenvalue weighted by Gasteiger charge is -2.08. The number of amides is 1. The number of para-hydroxylation sites is 1. The molecular weight excluding hydrogens is 322 g/mol. The lowest BCUT2D eigenvalue weighted by molar-refractivity contribution is 0.0974. The van der Waals surface area contributed by atoms with Gasteiger partial charge in [0.15, 0.2) is 23.0 Å². The molecule has 3 aromatic rings. The molecule has 0 fully saturated rings. The van der Waals surface area contributed by atoms with Crippen LogP contribution in [0.15, 0.2) is 48.5 Å². The fraction of sp³-hybridized carbons (Fsp3) is 0.111. The monoisotopic (exact) mass is 339 g/mol. The van der Waals surface area contributed by atoms with Crippen molar-refractivity contribution in [2.45, 2.75) is 6.92 Å². The predicted octanol–water partition coefficient (Wildman–Crippen LogP) is 3.06. The van der Waals surface area contributed by atoms with Gasteiger partial charge in [0.2, 0.25) is 0 Å². The molecule has 0 aliphatic rings. The lowest BCUT2D eigenvalue weighted by Crippen LogP contribution is -2.17. The molecule has 0 atom stereocenters. The van der Waals surface area contributed by atoms with Crippen molar-refractivity contribution in [3.05, 3.63) is 59.9 Å². The highest BCUT2D eigenvalue weighted by atomic mass is 16.5. The summed E-state index contributed by atoms with van der Waals surface area (Å²) in [5, 5.41) is 22.8. The third-order valence-corrected chi connectivity index (χ3v) is 3.71. The number of nitrogens with one attached hydrogen (secondary N) is 1. The van der Waals surface area contributed by atoms with Gasteiger partial charge in [0.25, 0.3) is 5.91 Å². The Balaban J connectivity index is 1.97. The van der Waals surface area contributed by atoms with Crippen LogP contribution in [0.5, 0.6) is 11.5 Å². The van der Waals surface area contributed by atoms with Crippen molar-refractivity contribution in [1.29, 1.82) is 0 Å². The number of anilines is 1. The van der Waals surface area contributed by atoms with Crippen LogP contribution in [0, 0.1) is 6.92 Å². The Bertz CT molecular complexity index is 920. The van der Waals surface area contributed by atoms with Gasteiger partial charge in [-0.1, -0.05) is 18.2 Å². The number of methoxy groups -OCH3 is 1. The highest BCUT2D eigenvalue weighted by Gasteiger charge is 2.22. The summed E-state index contributed by atoms with van der Waals surface area (Å²) in [5.41, 5.74) is 1.52. The Morgan fingerprint density at radius 3 is 2.60 bits per heavy atom. The summed E-state index contributed by atoms with van der Waals surface area (Å²) in [6.45, 7) is 1.63. The Labute approximate surface area is 144 Å². The van der Waals surface area contributed by atoms with Gasteiger partial charge >= 0.3 is 0 Å². The molecule has 0 aliphatic heterocycles. The minimum absolute atomic E-state index is 0.0268. The quantitative estimate of drug-likeness (QED) is 0.635. The first kappa shape index (κ1) is 16.4. The summed E-state index contributed by atoms with van der Waals surface area (Å²) in [5.74, 6) is -0.0841. The molecule has 0 saturated carbocycles. The van der Waals surface area contributed by atoms with E-state index in [1.54, 1.807) is 37.3 Å². The zero-order valence-electron chi connectivity index (χ0n) is 13.7. The minimum Gasteiger partial charge on any atom is -0.504 e. The van der Waals surface area contributed by atoms with Crippen LogP contribution in [-0.2, 0) is 0 Å². The first-order valence-electron chi connectivity index (χ1n) is 7.53. The van der Waals surface area contributed by atoms with Gasteiger partial charge in [0.1, 0.15) is 0 Å². The van der Waals surface area contributed by atoms with Gasteiger partial charge in [-0.25, -0.2) is 4.98 Å². The number of rotatable bonds is 4. The molecule has 7 heteroatoms. The highest BCUT2D eigenvalue weighted by Crippen LogP contribution is 2.31. The first-order chi connectivity index (χ1) is 12.0. The first-order valence-corrected chi connectivity index (χ1v) is 7.53. The largest absolute Gasteiger partial charge is 0.504 e. The Kier molecular flexibility index (Phi) is 4.30. The van der Waals surface area contributed by atoms with Crippen LogP contribution in [-0.4, -0.2) is 33.0 Å². The molecule has 25 heavy (non-hydrogen) atoms. The van der Waals surface area contributed by atoms with Crippen LogP contribution in [0.25, 0.3) is 11.4 Å². The molecule has 0 bridgehead atoms. The summed E-state index contributed by atoms with van der Waals surface area (Å²) in [6.07, 6.45) is 0. The third kappa shape index (κ3) is 3.12. The number of ether oxygens (including phenoxy) is 1. The number of imidazole rings is 1. The molecule has 0 aliphatic carbocycles. The van der Waals surface area contributed by atoms with Crippen LogP contribution >= 0.6 is 0 Å². The second kappa shape index (κ2) is 6.56. The highest BCUT2D eigenvalue weighted by molar-refractivity contribution is 6.04. The topological polar surface area (TPSA) is 96.6 Å². The molecule has 1 aromatic heterocycles. The Morgan fingerprint density at radius 1 is 1.20 bits per heavy atom. The maximum Gasteiger partial charge on any atom is 0.277 e. The molecule has 128 valence electrons. The van der Waals surface area contributed by atoms with Crippen LogP contribution in [0.1, 0.15) is 16.2 Å². The van der Waals surface area contributed by atoms with Crippen molar-refractivity contribution in [3.63, 3.8) is 0 Å². The summed E-state index contributed by atoms with van der Waals surface area (Å²) >= 11 is 0. The zero-order chi connectivity index (χ0) is 18.0. The van der Waals surface area contributed by atoms with Gasteiger partial charge < -0.3 is 20.4 Å². The van der Waals surface area contributed by atoms with Crippen LogP contribution in [0.2, 0.25) is 0 Å². The smallest absolute Gasteiger partial charge is 0.277 e. The van der Waals surface area contributed by atoms with E-state index in [0.29, 0.717) is 16.9 Å². The molecule has 1 heterocycles. The SMILES string of the molecule is COc1cc(-c2nc(C)c(C(=O)Nc3ccccc3)n2O)ccc1O. The molecule has 3 rings (SSSR count). The van der Waals surface area contributed by atoms with E-state index in [1.165, 1.54) is 19.2 Å². The molecule has 0 saturated heterocycles. The van der Waals surface area contributed by atoms with Crippen molar-refractivity contribution >= 4 is 11.6 Å². The number of aromatic nitrogens is 2. The van der Waals surface area contributed by atoms with Gasteiger partial charge in [-0.3, -0.25) is 4.79 Å². The Hall–Kier alpha value is -3.48. The van der Waals surface area contributed by atoms with Gasteiger partial charge in [-0.15, -0.1) is 0 Å². The van der Waals surface area contributed by atoms with E-state index in [1.807, 2.05) is 6.07 Å². The van der Waals surface area contributed by atoms with Crippen molar-refractivity contribution in [1.82, 2.24) is 9.71 Å². The summed E-state index contributed by atoms with van der Waals surface area (Å²) in [6, 6.07) is 13.5. The van der Waals surface area contributed by atoms with Crippen molar-refractivity contribution in [3.8, 4) is 22.9 Å². The van der Waals surface area contributed by atoms with Crippen molar-refractivity contribution in [2.75, 3.05) is 12.4 Å². The number of phenolic OH excluding ortho intramolecular Hbond substituents is 1. The number of hydrogen-bond donors (Lipinski definition) is 3. The normalized spacial score (nSPS) is 10.5. The fourth-order valence-electron chi connectivity index (χ4n) is 2.49. The van der Waals surface area contributed by atoms with E-state index in [9.17, 15) is 15.1 Å². The molecule has 1 amide bonds. The molecule has 0 spiro atoms. The molecule has 0 unspecified atom stereocenters. The van der Waals surface area contributed by atoms with E-state index in [2.05, 4.69) is 10.3 Å². The summed E-state index contributed by atoms with van der Waals surface area (Å²) in [7, 11) is 1.42. The van der Waals surface area contributed by atoms with E-state index < -0.39 is 5.91 Å². The van der Waals surface area contributed by atoms with E-state index in [-0.39, 0.29) is 23.0 Å². The summed E-state index contributed by atoms with van der Waals surface area (Å²) < 4.78 is 5.80. The lowest BCUT2D eigenvalue weighted by atomic mass is 10.2. The van der Waals surface area contributed by atoms with Gasteiger partial charge in [-0.05, 0) is 37.3 Å². The number of benzene rings is 2. The van der Waals surface area contributed by atoms with Gasteiger partial charge in [0, 0.05) is 11.3 Å². The molecule has 7 nitrogen and oxygen atoms in total. The predicted molar refractivity (Wildman–Crippen MR) is 92.2 cm³/mol. The third-order valence-electron chi connectivity index (χ3n) is 3.71. The standard InChI is InChI=1S/C18H17N3O4/c1-11-16(18(23)20-13-6-4-3-5-7-13)21(24)17(19-11)12-8-9-14(22)15(10-12)25-2/h3-10,22,24H,1-2H3,(H,20,23).